The number of H-pyrrole nitrogens is 1. The van der Waals surface area contributed by atoms with Crippen molar-refractivity contribution in [3.8, 4) is 0 Å². The van der Waals surface area contributed by atoms with E-state index in [1.54, 1.807) is 48.7 Å². The van der Waals surface area contributed by atoms with Crippen molar-refractivity contribution in [2.45, 2.75) is 19.6 Å². The molecular formula is C21H17ClN4O3. The van der Waals surface area contributed by atoms with Gasteiger partial charge in [-0.3, -0.25) is 14.7 Å². The van der Waals surface area contributed by atoms with Crippen molar-refractivity contribution in [2.24, 2.45) is 4.99 Å². The monoisotopic (exact) mass is 408 g/mol. The van der Waals surface area contributed by atoms with Gasteiger partial charge in [-0.15, -0.1) is 0 Å². The van der Waals surface area contributed by atoms with Crippen molar-refractivity contribution in [3.05, 3.63) is 81.9 Å². The van der Waals surface area contributed by atoms with E-state index in [1.165, 1.54) is 0 Å². The molecule has 1 aliphatic carbocycles. The maximum absolute atomic E-state index is 12.4. The van der Waals surface area contributed by atoms with Gasteiger partial charge in [0.15, 0.2) is 11.9 Å². The molecule has 1 unspecified atom stereocenters. The normalized spacial score (nSPS) is 19.3. The first-order valence-electron chi connectivity index (χ1n) is 8.94. The molecule has 4 rings (SSSR count). The molecule has 1 aromatic heterocycles. The molecule has 0 saturated heterocycles. The first kappa shape index (κ1) is 18.9. The number of aromatic nitrogens is 2. The van der Waals surface area contributed by atoms with Gasteiger partial charge in [0, 0.05) is 28.4 Å². The number of hydrogen-bond acceptors (Lipinski definition) is 4. The van der Waals surface area contributed by atoms with E-state index in [4.69, 9.17) is 16.3 Å². The number of aromatic amines is 1. The van der Waals surface area contributed by atoms with Crippen LogP contribution in [0.15, 0.2) is 65.0 Å². The minimum Gasteiger partial charge on any atom is -0.474 e. The summed E-state index contributed by atoms with van der Waals surface area (Å²) in [5.74, 6) is -0.683. The van der Waals surface area contributed by atoms with E-state index in [9.17, 15) is 9.59 Å². The predicted molar refractivity (Wildman–Crippen MR) is 109 cm³/mol. The van der Waals surface area contributed by atoms with Crippen molar-refractivity contribution >= 4 is 35.2 Å². The van der Waals surface area contributed by atoms with Gasteiger partial charge in [-0.1, -0.05) is 29.8 Å². The SMILES string of the molecule is Cc1[nH]ncc1CNC(=O)C1=CC2=NC(=O)/C(=C\c3ccccc3Cl)OC2C=C1. The van der Waals surface area contributed by atoms with Gasteiger partial charge in [0.25, 0.3) is 5.91 Å². The summed E-state index contributed by atoms with van der Waals surface area (Å²) in [6, 6.07) is 7.14. The van der Waals surface area contributed by atoms with E-state index in [-0.39, 0.29) is 11.7 Å². The summed E-state index contributed by atoms with van der Waals surface area (Å²) < 4.78 is 5.77. The smallest absolute Gasteiger partial charge is 0.312 e. The molecule has 1 aromatic carbocycles. The largest absolute Gasteiger partial charge is 0.474 e. The number of rotatable bonds is 4. The number of halogens is 1. The number of aliphatic imine (C=N–C) groups is 1. The average molecular weight is 409 g/mol. The van der Waals surface area contributed by atoms with Crippen molar-refractivity contribution in [1.82, 2.24) is 15.5 Å². The number of amides is 2. The third kappa shape index (κ3) is 4.05. The zero-order valence-corrected chi connectivity index (χ0v) is 16.2. The molecule has 0 bridgehead atoms. The van der Waals surface area contributed by atoms with Crippen LogP contribution in [0.5, 0.6) is 0 Å². The molecule has 1 aliphatic heterocycles. The lowest BCUT2D eigenvalue weighted by Gasteiger charge is -2.24. The van der Waals surface area contributed by atoms with E-state index in [0.717, 1.165) is 11.3 Å². The van der Waals surface area contributed by atoms with Crippen LogP contribution in [0.1, 0.15) is 16.8 Å². The topological polar surface area (TPSA) is 96.4 Å². The van der Waals surface area contributed by atoms with Crippen LogP contribution >= 0.6 is 11.6 Å². The molecule has 2 aliphatic rings. The Morgan fingerprint density at radius 2 is 2.21 bits per heavy atom. The van der Waals surface area contributed by atoms with Gasteiger partial charge < -0.3 is 10.1 Å². The van der Waals surface area contributed by atoms with Crippen LogP contribution in [0.3, 0.4) is 0 Å². The first-order chi connectivity index (χ1) is 14.0. The lowest BCUT2D eigenvalue weighted by Crippen LogP contribution is -2.33. The minimum atomic E-state index is -0.533. The van der Waals surface area contributed by atoms with E-state index in [1.807, 2.05) is 13.0 Å². The van der Waals surface area contributed by atoms with Crippen LogP contribution in [0.2, 0.25) is 5.02 Å². The molecule has 1 atom stereocenters. The third-order valence-electron chi connectivity index (χ3n) is 4.57. The Morgan fingerprint density at radius 1 is 1.38 bits per heavy atom. The lowest BCUT2D eigenvalue weighted by atomic mass is 10.0. The lowest BCUT2D eigenvalue weighted by molar-refractivity contribution is -0.119. The van der Waals surface area contributed by atoms with Gasteiger partial charge in [-0.25, -0.2) is 4.99 Å². The molecule has 29 heavy (non-hydrogen) atoms. The highest BCUT2D eigenvalue weighted by molar-refractivity contribution is 6.32. The average Bonchev–Trinajstić information content (AvgIpc) is 3.12. The Kier molecular flexibility index (Phi) is 5.14. The van der Waals surface area contributed by atoms with Crippen LogP contribution in [0.25, 0.3) is 6.08 Å². The maximum atomic E-state index is 12.4. The predicted octanol–water partition coefficient (Wildman–Crippen LogP) is 2.89. The van der Waals surface area contributed by atoms with E-state index in [2.05, 4.69) is 20.5 Å². The number of aryl methyl sites for hydroxylation is 1. The molecule has 2 aromatic rings. The zero-order chi connectivity index (χ0) is 20.4. The van der Waals surface area contributed by atoms with Crippen LogP contribution < -0.4 is 5.32 Å². The van der Waals surface area contributed by atoms with Crippen molar-refractivity contribution < 1.29 is 14.3 Å². The second kappa shape index (κ2) is 7.89. The van der Waals surface area contributed by atoms with E-state index in [0.29, 0.717) is 28.4 Å². The fraction of sp³-hybridized carbons (Fsp3) is 0.143. The molecule has 0 fully saturated rings. The molecule has 7 nitrogen and oxygen atoms in total. The molecule has 2 heterocycles. The van der Waals surface area contributed by atoms with Gasteiger partial charge in [-0.2, -0.15) is 5.10 Å². The second-order valence-corrected chi connectivity index (χ2v) is 6.98. The molecule has 0 spiro atoms. The number of nitrogens with zero attached hydrogens (tertiary/aromatic N) is 2. The van der Waals surface area contributed by atoms with Crippen LogP contribution in [-0.4, -0.2) is 33.8 Å². The van der Waals surface area contributed by atoms with Gasteiger partial charge >= 0.3 is 5.91 Å². The summed E-state index contributed by atoms with van der Waals surface area (Å²) in [6.45, 7) is 2.23. The van der Waals surface area contributed by atoms with Crippen molar-refractivity contribution in [2.75, 3.05) is 0 Å². The highest BCUT2D eigenvalue weighted by Gasteiger charge is 2.29. The Hall–Kier alpha value is -3.45. The first-order valence-corrected chi connectivity index (χ1v) is 9.32. The van der Waals surface area contributed by atoms with Crippen LogP contribution in [-0.2, 0) is 20.9 Å². The third-order valence-corrected chi connectivity index (χ3v) is 4.91. The Labute approximate surface area is 171 Å². The Morgan fingerprint density at radius 3 is 2.97 bits per heavy atom. The number of nitrogens with one attached hydrogen (secondary N) is 2. The highest BCUT2D eigenvalue weighted by Crippen LogP contribution is 2.25. The van der Waals surface area contributed by atoms with Gasteiger partial charge in [0.1, 0.15) is 0 Å². The van der Waals surface area contributed by atoms with Crippen molar-refractivity contribution in [3.63, 3.8) is 0 Å². The Balaban J connectivity index is 1.50. The molecule has 2 amide bonds. The van der Waals surface area contributed by atoms with Crippen LogP contribution in [0, 0.1) is 6.92 Å². The zero-order valence-electron chi connectivity index (χ0n) is 15.5. The molecule has 2 N–H and O–H groups in total. The maximum Gasteiger partial charge on any atom is 0.312 e. The molecule has 0 radical (unpaired) electrons. The van der Waals surface area contributed by atoms with Crippen LogP contribution in [0.4, 0.5) is 0 Å². The quantitative estimate of drug-likeness (QED) is 0.760. The minimum absolute atomic E-state index is 0.105. The Bertz CT molecular complexity index is 1110. The molecule has 0 saturated carbocycles. The van der Waals surface area contributed by atoms with E-state index >= 15 is 0 Å². The fourth-order valence-electron chi connectivity index (χ4n) is 2.94. The number of ether oxygens (including phenoxy) is 1. The number of fused-ring (bicyclic) bond motifs is 1. The van der Waals surface area contributed by atoms with Crippen molar-refractivity contribution in [1.29, 1.82) is 0 Å². The van der Waals surface area contributed by atoms with Gasteiger partial charge in [0.05, 0.1) is 11.9 Å². The number of hydrogen-bond donors (Lipinski definition) is 2. The summed E-state index contributed by atoms with van der Waals surface area (Å²) in [4.78, 5) is 28.9. The summed E-state index contributed by atoms with van der Waals surface area (Å²) in [5.41, 5.74) is 3.25. The van der Waals surface area contributed by atoms with Gasteiger partial charge in [-0.05, 0) is 42.9 Å². The standard InChI is InChI=1S/C21H17ClN4O3/c1-12-15(11-24-26-12)10-23-20(27)14-6-7-18-17(8-14)25-21(28)19(29-18)9-13-4-2-3-5-16(13)22/h2-9,11,18H,10H2,1H3,(H,23,27)(H,24,26)/b19-9+. The summed E-state index contributed by atoms with van der Waals surface area (Å²) >= 11 is 6.14. The molecule has 146 valence electrons. The van der Waals surface area contributed by atoms with Gasteiger partial charge in [0.2, 0.25) is 0 Å². The highest BCUT2D eigenvalue weighted by atomic mass is 35.5. The number of benzene rings is 1. The number of carbonyl (C=O) groups excluding carboxylic acids is 2. The molecule has 8 heteroatoms. The summed E-state index contributed by atoms with van der Waals surface area (Å²) in [5, 5.41) is 10.1. The molecular weight excluding hydrogens is 392 g/mol. The fourth-order valence-corrected chi connectivity index (χ4v) is 3.13. The summed E-state index contributed by atoms with van der Waals surface area (Å²) in [6.07, 6.45) is 7.62. The van der Waals surface area contributed by atoms with E-state index < -0.39 is 12.0 Å². The summed E-state index contributed by atoms with van der Waals surface area (Å²) in [7, 11) is 0. The number of carbonyl (C=O) groups is 2. The second-order valence-electron chi connectivity index (χ2n) is 6.57.